The van der Waals surface area contributed by atoms with Gasteiger partial charge in [-0.1, -0.05) is 42.1 Å². The van der Waals surface area contributed by atoms with Crippen molar-refractivity contribution < 1.29 is 9.66 Å². The summed E-state index contributed by atoms with van der Waals surface area (Å²) in [6.45, 7) is 1.05. The van der Waals surface area contributed by atoms with Crippen LogP contribution in [0.25, 0.3) is 0 Å². The molecule has 0 unspecified atom stereocenters. The van der Waals surface area contributed by atoms with Crippen molar-refractivity contribution in [2.24, 2.45) is 0 Å². The summed E-state index contributed by atoms with van der Waals surface area (Å²) in [5.41, 5.74) is 0.999. The number of non-ortho nitro benzene ring substituents is 1. The van der Waals surface area contributed by atoms with Gasteiger partial charge < -0.3 is 4.74 Å². The first-order valence-electron chi connectivity index (χ1n) is 8.82. The summed E-state index contributed by atoms with van der Waals surface area (Å²) in [6, 6.07) is 16.0. The van der Waals surface area contributed by atoms with Crippen LogP contribution in [-0.4, -0.2) is 32.0 Å². The van der Waals surface area contributed by atoms with E-state index in [9.17, 15) is 14.9 Å². The molecule has 0 aliphatic rings. The second kappa shape index (κ2) is 9.75. The zero-order valence-electron chi connectivity index (χ0n) is 15.1. The maximum absolute atomic E-state index is 12.0. The first kappa shape index (κ1) is 19.7. The molecule has 0 saturated carbocycles. The average Bonchev–Trinajstić information content (AvgIpc) is 3.07. The van der Waals surface area contributed by atoms with Gasteiger partial charge in [0.25, 0.3) is 5.69 Å². The summed E-state index contributed by atoms with van der Waals surface area (Å²) in [7, 11) is 0. The van der Waals surface area contributed by atoms with Crippen molar-refractivity contribution in [1.29, 1.82) is 0 Å². The number of rotatable bonds is 10. The second-order valence-corrected chi connectivity index (χ2v) is 7.06. The number of ether oxygens (including phenoxy) is 1. The third-order valence-corrected chi connectivity index (χ3v) is 5.09. The molecule has 8 nitrogen and oxygen atoms in total. The van der Waals surface area contributed by atoms with E-state index in [2.05, 4.69) is 10.2 Å². The molecule has 3 rings (SSSR count). The van der Waals surface area contributed by atoms with Crippen LogP contribution < -0.4 is 10.4 Å². The lowest BCUT2D eigenvalue weighted by Crippen LogP contribution is -2.19. The number of nitrogens with one attached hydrogen (secondary N) is 1. The molecule has 0 fully saturated rings. The van der Waals surface area contributed by atoms with Gasteiger partial charge in [0.15, 0.2) is 5.16 Å². The highest BCUT2D eigenvalue weighted by molar-refractivity contribution is 7.99. The van der Waals surface area contributed by atoms with E-state index in [-0.39, 0.29) is 11.4 Å². The largest absolute Gasteiger partial charge is 0.494 e. The molecule has 0 amide bonds. The zero-order valence-corrected chi connectivity index (χ0v) is 15.9. The maximum atomic E-state index is 12.0. The smallest absolute Gasteiger partial charge is 0.343 e. The number of hydrogen-bond acceptors (Lipinski definition) is 6. The first-order valence-corrected chi connectivity index (χ1v) is 9.81. The molecular weight excluding hydrogens is 380 g/mol. The number of thioether (sulfide) groups is 1. The SMILES string of the molecule is O=c1[nH]nc(SCCCOc2ccc([N+](=O)[O-])cc2)n1CCc1ccccc1. The minimum atomic E-state index is -0.443. The lowest BCUT2D eigenvalue weighted by molar-refractivity contribution is -0.384. The Morgan fingerprint density at radius 2 is 1.89 bits per heavy atom. The third kappa shape index (κ3) is 5.46. The molecule has 0 spiro atoms. The average molecular weight is 400 g/mol. The highest BCUT2D eigenvalue weighted by Crippen LogP contribution is 2.18. The van der Waals surface area contributed by atoms with Gasteiger partial charge in [-0.25, -0.2) is 9.89 Å². The molecule has 0 aliphatic carbocycles. The van der Waals surface area contributed by atoms with E-state index in [0.29, 0.717) is 24.1 Å². The molecular formula is C19H20N4O4S. The predicted octanol–water partition coefficient (Wildman–Crippen LogP) is 3.28. The molecule has 2 aromatic carbocycles. The normalized spacial score (nSPS) is 10.7. The zero-order chi connectivity index (χ0) is 19.8. The molecule has 0 saturated heterocycles. The van der Waals surface area contributed by atoms with Gasteiger partial charge in [-0.3, -0.25) is 14.7 Å². The molecule has 146 valence electrons. The number of nitro groups is 1. The van der Waals surface area contributed by atoms with E-state index in [1.54, 1.807) is 16.7 Å². The number of hydrogen-bond donors (Lipinski definition) is 1. The molecule has 1 N–H and O–H groups in total. The number of nitrogens with zero attached hydrogens (tertiary/aromatic N) is 3. The summed E-state index contributed by atoms with van der Waals surface area (Å²) < 4.78 is 7.23. The van der Waals surface area contributed by atoms with E-state index in [4.69, 9.17) is 4.74 Å². The summed E-state index contributed by atoms with van der Waals surface area (Å²) in [5.74, 6) is 1.33. The molecule has 0 atom stereocenters. The van der Waals surface area contributed by atoms with Crippen LogP contribution in [-0.2, 0) is 13.0 Å². The van der Waals surface area contributed by atoms with Crippen molar-refractivity contribution in [2.75, 3.05) is 12.4 Å². The van der Waals surface area contributed by atoms with Crippen LogP contribution in [0.1, 0.15) is 12.0 Å². The van der Waals surface area contributed by atoms with Crippen LogP contribution in [0.2, 0.25) is 0 Å². The Morgan fingerprint density at radius 1 is 1.14 bits per heavy atom. The fourth-order valence-electron chi connectivity index (χ4n) is 2.57. The summed E-state index contributed by atoms with van der Waals surface area (Å²) in [6.07, 6.45) is 1.51. The minimum Gasteiger partial charge on any atom is -0.494 e. The van der Waals surface area contributed by atoms with Gasteiger partial charge in [-0.15, -0.1) is 5.10 Å². The van der Waals surface area contributed by atoms with E-state index in [1.807, 2.05) is 30.3 Å². The molecule has 1 aromatic heterocycles. The van der Waals surface area contributed by atoms with Crippen LogP contribution in [0.3, 0.4) is 0 Å². The van der Waals surface area contributed by atoms with E-state index in [1.165, 1.54) is 29.5 Å². The van der Waals surface area contributed by atoms with Gasteiger partial charge in [-0.05, 0) is 30.5 Å². The minimum absolute atomic E-state index is 0.0370. The fraction of sp³-hybridized carbons (Fsp3) is 0.263. The molecule has 0 bridgehead atoms. The summed E-state index contributed by atoms with van der Waals surface area (Å²) >= 11 is 1.50. The van der Waals surface area contributed by atoms with Crippen molar-refractivity contribution >= 4 is 17.4 Å². The van der Waals surface area contributed by atoms with Gasteiger partial charge in [0.05, 0.1) is 11.5 Å². The molecule has 3 aromatic rings. The number of H-pyrrole nitrogens is 1. The number of nitro benzene ring substituents is 1. The molecule has 28 heavy (non-hydrogen) atoms. The maximum Gasteiger partial charge on any atom is 0.343 e. The summed E-state index contributed by atoms with van der Waals surface area (Å²) in [4.78, 5) is 22.2. The van der Waals surface area contributed by atoms with Crippen LogP contribution >= 0.6 is 11.8 Å². The Bertz CT molecular complexity index is 954. The van der Waals surface area contributed by atoms with Gasteiger partial charge in [0.2, 0.25) is 0 Å². The highest BCUT2D eigenvalue weighted by Gasteiger charge is 2.09. The fourth-order valence-corrected chi connectivity index (χ4v) is 3.46. The van der Waals surface area contributed by atoms with Crippen LogP contribution in [0.5, 0.6) is 5.75 Å². The second-order valence-electron chi connectivity index (χ2n) is 6.00. The van der Waals surface area contributed by atoms with Gasteiger partial charge in [-0.2, -0.15) is 0 Å². The molecule has 0 radical (unpaired) electrons. The standard InChI is InChI=1S/C19H20N4O4S/c24-18-20-21-19(22(18)12-11-15-5-2-1-3-6-15)28-14-4-13-27-17-9-7-16(8-10-17)23(25)26/h1-3,5-10H,4,11-14H2,(H,20,24). The number of benzene rings is 2. The first-order chi connectivity index (χ1) is 13.6. The monoisotopic (exact) mass is 400 g/mol. The van der Waals surface area contributed by atoms with Crippen LogP contribution in [0.15, 0.2) is 64.5 Å². The lowest BCUT2D eigenvalue weighted by atomic mass is 10.1. The molecule has 0 aliphatic heterocycles. The van der Waals surface area contributed by atoms with Crippen molar-refractivity contribution in [3.05, 3.63) is 80.8 Å². The summed E-state index contributed by atoms with van der Waals surface area (Å²) in [5, 5.41) is 17.9. The van der Waals surface area contributed by atoms with Gasteiger partial charge >= 0.3 is 5.69 Å². The Morgan fingerprint density at radius 3 is 2.61 bits per heavy atom. The highest BCUT2D eigenvalue weighted by atomic mass is 32.2. The quantitative estimate of drug-likeness (QED) is 0.242. The number of aryl methyl sites for hydroxylation is 1. The molecule has 9 heteroatoms. The third-order valence-electron chi connectivity index (χ3n) is 4.03. The predicted molar refractivity (Wildman–Crippen MR) is 107 cm³/mol. The van der Waals surface area contributed by atoms with Crippen molar-refractivity contribution in [3.63, 3.8) is 0 Å². The number of aromatic amines is 1. The van der Waals surface area contributed by atoms with Crippen LogP contribution in [0, 0.1) is 10.1 Å². The van der Waals surface area contributed by atoms with Crippen molar-refractivity contribution in [2.45, 2.75) is 24.5 Å². The molecule has 1 heterocycles. The Balaban J connectivity index is 1.43. The number of aromatic nitrogens is 3. The topological polar surface area (TPSA) is 103 Å². The van der Waals surface area contributed by atoms with Crippen molar-refractivity contribution in [1.82, 2.24) is 14.8 Å². The van der Waals surface area contributed by atoms with E-state index >= 15 is 0 Å². The van der Waals surface area contributed by atoms with Crippen LogP contribution in [0.4, 0.5) is 5.69 Å². The van der Waals surface area contributed by atoms with Gasteiger partial charge in [0, 0.05) is 24.4 Å². The van der Waals surface area contributed by atoms with Gasteiger partial charge in [0.1, 0.15) is 5.75 Å². The lowest BCUT2D eigenvalue weighted by Gasteiger charge is -2.07. The Labute approximate surface area is 165 Å². The van der Waals surface area contributed by atoms with E-state index in [0.717, 1.165) is 18.6 Å². The van der Waals surface area contributed by atoms with Crippen molar-refractivity contribution in [3.8, 4) is 5.75 Å². The van der Waals surface area contributed by atoms with E-state index < -0.39 is 4.92 Å². The Kier molecular flexibility index (Phi) is 6.85. The Hall–Kier alpha value is -3.07.